The highest BCUT2D eigenvalue weighted by Crippen LogP contribution is 2.28. The second-order valence-corrected chi connectivity index (χ2v) is 6.25. The van der Waals surface area contributed by atoms with Crippen molar-refractivity contribution in [2.24, 2.45) is 0 Å². The van der Waals surface area contributed by atoms with Gasteiger partial charge in [0.2, 0.25) is 0 Å². The number of rotatable bonds is 8. The molecule has 1 aromatic rings. The summed E-state index contributed by atoms with van der Waals surface area (Å²) in [7, 11) is 0. The summed E-state index contributed by atoms with van der Waals surface area (Å²) in [4.78, 5) is 15.8. The quantitative estimate of drug-likeness (QED) is 0.498. The average molecular weight is 353 g/mol. The zero-order valence-electron chi connectivity index (χ0n) is 14.4. The van der Waals surface area contributed by atoms with Crippen LogP contribution in [0.3, 0.4) is 0 Å². The van der Waals surface area contributed by atoms with Gasteiger partial charge in [0.05, 0.1) is 6.61 Å². The summed E-state index contributed by atoms with van der Waals surface area (Å²) >= 11 is 0. The van der Waals surface area contributed by atoms with Gasteiger partial charge < -0.3 is 25.8 Å². The topological polar surface area (TPSA) is 131 Å². The monoisotopic (exact) mass is 353 g/mol. The van der Waals surface area contributed by atoms with Crippen molar-refractivity contribution in [2.45, 2.75) is 63.6 Å². The molecular weight excluding hydrogens is 326 g/mol. The summed E-state index contributed by atoms with van der Waals surface area (Å²) in [5.74, 6) is 0.0952. The van der Waals surface area contributed by atoms with Gasteiger partial charge in [-0.2, -0.15) is 4.98 Å². The second kappa shape index (κ2) is 9.10. The fourth-order valence-corrected chi connectivity index (χ4v) is 2.82. The zero-order chi connectivity index (χ0) is 18.4. The van der Waals surface area contributed by atoms with Crippen LogP contribution in [-0.4, -0.2) is 49.8 Å². The molecule has 0 aliphatic carbocycles. The third kappa shape index (κ3) is 4.66. The molecule has 140 valence electrons. The first-order valence-corrected chi connectivity index (χ1v) is 8.67. The maximum absolute atomic E-state index is 12.1. The van der Waals surface area contributed by atoms with Crippen molar-refractivity contribution in [3.63, 3.8) is 0 Å². The Morgan fingerprint density at radius 2 is 2.08 bits per heavy atom. The van der Waals surface area contributed by atoms with E-state index in [1.54, 1.807) is 6.08 Å². The lowest BCUT2D eigenvalue weighted by Gasteiger charge is -2.18. The Balaban J connectivity index is 2.15. The second-order valence-electron chi connectivity index (χ2n) is 6.25. The molecule has 0 saturated carbocycles. The lowest BCUT2D eigenvalue weighted by atomic mass is 10.1. The van der Waals surface area contributed by atoms with Crippen molar-refractivity contribution >= 4 is 11.9 Å². The first-order chi connectivity index (χ1) is 12.0. The Labute approximate surface area is 146 Å². The molecule has 1 aliphatic rings. The largest absolute Gasteiger partial charge is 0.394 e. The van der Waals surface area contributed by atoms with Crippen LogP contribution in [0.4, 0.5) is 5.82 Å². The molecule has 2 heterocycles. The molecular formula is C17H27N3O5. The number of nitrogens with two attached hydrogens (primary N) is 1. The van der Waals surface area contributed by atoms with Crippen molar-refractivity contribution in [3.8, 4) is 0 Å². The fraction of sp³-hybridized carbons (Fsp3) is 0.647. The van der Waals surface area contributed by atoms with Crippen molar-refractivity contribution in [1.82, 2.24) is 9.55 Å². The number of ether oxygens (including phenoxy) is 1. The smallest absolute Gasteiger partial charge is 0.351 e. The Morgan fingerprint density at radius 3 is 2.72 bits per heavy atom. The third-order valence-electron chi connectivity index (χ3n) is 4.32. The van der Waals surface area contributed by atoms with Gasteiger partial charge >= 0.3 is 5.69 Å². The first-order valence-electron chi connectivity index (χ1n) is 8.67. The Hall–Kier alpha value is -1.74. The Bertz CT molecular complexity index is 646. The summed E-state index contributed by atoms with van der Waals surface area (Å²) in [6.45, 7) is 1.69. The molecule has 1 aromatic heterocycles. The van der Waals surface area contributed by atoms with E-state index in [2.05, 4.69) is 11.9 Å². The number of hydrogen-bond donors (Lipinski definition) is 4. The molecule has 1 aliphatic heterocycles. The van der Waals surface area contributed by atoms with Crippen molar-refractivity contribution in [1.29, 1.82) is 0 Å². The number of nitrogen functional groups attached to an aromatic ring is 1. The van der Waals surface area contributed by atoms with Gasteiger partial charge in [0.15, 0.2) is 6.23 Å². The van der Waals surface area contributed by atoms with Gasteiger partial charge in [-0.3, -0.25) is 4.57 Å². The SMILES string of the molecule is CCCCCC/C=C/c1cn([C@@H]2O[C@H](CO)[C@@H](O)[C@H]2O)c(=O)nc1N. The summed E-state index contributed by atoms with van der Waals surface area (Å²) < 4.78 is 6.47. The van der Waals surface area contributed by atoms with Crippen LogP contribution in [-0.2, 0) is 4.74 Å². The van der Waals surface area contributed by atoms with Gasteiger partial charge in [0, 0.05) is 11.8 Å². The minimum atomic E-state index is -1.34. The lowest BCUT2D eigenvalue weighted by Crippen LogP contribution is -2.36. The van der Waals surface area contributed by atoms with E-state index >= 15 is 0 Å². The van der Waals surface area contributed by atoms with Crippen LogP contribution >= 0.6 is 0 Å². The highest BCUT2D eigenvalue weighted by Gasteiger charge is 2.43. The number of unbranched alkanes of at least 4 members (excludes halogenated alkanes) is 4. The average Bonchev–Trinajstić information content (AvgIpc) is 2.87. The van der Waals surface area contributed by atoms with E-state index in [1.165, 1.54) is 19.0 Å². The predicted molar refractivity (Wildman–Crippen MR) is 93.7 cm³/mol. The number of anilines is 1. The van der Waals surface area contributed by atoms with Gasteiger partial charge in [0.1, 0.15) is 24.1 Å². The normalized spacial score (nSPS) is 26.6. The van der Waals surface area contributed by atoms with Gasteiger partial charge in [0.25, 0.3) is 0 Å². The molecule has 2 rings (SSSR count). The number of aliphatic hydroxyl groups is 3. The van der Waals surface area contributed by atoms with Crippen LogP contribution in [0.1, 0.15) is 50.8 Å². The number of hydrogen-bond acceptors (Lipinski definition) is 7. The van der Waals surface area contributed by atoms with E-state index in [1.807, 2.05) is 6.08 Å². The van der Waals surface area contributed by atoms with Crippen LogP contribution in [0.5, 0.6) is 0 Å². The molecule has 5 N–H and O–H groups in total. The van der Waals surface area contributed by atoms with E-state index in [0.29, 0.717) is 5.56 Å². The van der Waals surface area contributed by atoms with Crippen LogP contribution < -0.4 is 11.4 Å². The number of allylic oxidation sites excluding steroid dienone is 1. The van der Waals surface area contributed by atoms with Gasteiger partial charge in [-0.05, 0) is 12.8 Å². The molecule has 0 aromatic carbocycles. The molecule has 1 saturated heterocycles. The third-order valence-corrected chi connectivity index (χ3v) is 4.32. The lowest BCUT2D eigenvalue weighted by molar-refractivity contribution is -0.0549. The van der Waals surface area contributed by atoms with Crippen molar-refractivity contribution < 1.29 is 20.1 Å². The molecule has 0 unspecified atom stereocenters. The summed E-state index contributed by atoms with van der Waals surface area (Å²) in [6, 6.07) is 0. The fourth-order valence-electron chi connectivity index (χ4n) is 2.82. The first kappa shape index (κ1) is 19.6. The minimum Gasteiger partial charge on any atom is -0.394 e. The molecule has 0 radical (unpaired) electrons. The summed E-state index contributed by atoms with van der Waals surface area (Å²) in [5.41, 5.74) is 5.65. The number of aromatic nitrogens is 2. The highest BCUT2D eigenvalue weighted by molar-refractivity contribution is 5.59. The maximum Gasteiger partial charge on any atom is 0.351 e. The van der Waals surface area contributed by atoms with Crippen LogP contribution in [0.2, 0.25) is 0 Å². The molecule has 8 nitrogen and oxygen atoms in total. The molecule has 1 fully saturated rings. The minimum absolute atomic E-state index is 0.0952. The van der Waals surface area contributed by atoms with E-state index in [0.717, 1.165) is 23.8 Å². The van der Waals surface area contributed by atoms with Gasteiger partial charge in [-0.1, -0.05) is 38.3 Å². The maximum atomic E-state index is 12.1. The molecule has 0 amide bonds. The number of nitrogens with zero attached hydrogens (tertiary/aromatic N) is 2. The van der Waals surface area contributed by atoms with Crippen molar-refractivity contribution in [2.75, 3.05) is 12.3 Å². The van der Waals surface area contributed by atoms with E-state index in [-0.39, 0.29) is 5.82 Å². The molecule has 0 spiro atoms. The zero-order valence-corrected chi connectivity index (χ0v) is 14.4. The van der Waals surface area contributed by atoms with Crippen molar-refractivity contribution in [3.05, 3.63) is 28.3 Å². The Kier molecular flexibility index (Phi) is 7.12. The van der Waals surface area contributed by atoms with E-state index < -0.39 is 36.8 Å². The van der Waals surface area contributed by atoms with E-state index in [4.69, 9.17) is 15.6 Å². The van der Waals surface area contributed by atoms with Crippen LogP contribution in [0.25, 0.3) is 6.08 Å². The molecule has 4 atom stereocenters. The molecule has 0 bridgehead atoms. The summed E-state index contributed by atoms with van der Waals surface area (Å²) in [5, 5.41) is 29.1. The van der Waals surface area contributed by atoms with Crippen LogP contribution in [0.15, 0.2) is 17.1 Å². The van der Waals surface area contributed by atoms with Gasteiger partial charge in [-0.15, -0.1) is 0 Å². The van der Waals surface area contributed by atoms with Crippen LogP contribution in [0, 0.1) is 0 Å². The summed E-state index contributed by atoms with van der Waals surface area (Å²) in [6.07, 6.45) is 6.02. The standard InChI is InChI=1S/C17H27N3O5/c1-2-3-4-5-6-7-8-11-9-20(17(24)19-15(11)18)16-14(23)13(22)12(10-21)25-16/h7-9,12-14,16,21-23H,2-6,10H2,1H3,(H2,18,19,24)/b8-7+/t12-,13-,14-,16-/m1/s1. The number of aliphatic hydroxyl groups excluding tert-OH is 3. The highest BCUT2D eigenvalue weighted by atomic mass is 16.6. The predicted octanol–water partition coefficient (Wildman–Crippen LogP) is 0.421. The molecule has 25 heavy (non-hydrogen) atoms. The van der Waals surface area contributed by atoms with E-state index in [9.17, 15) is 15.0 Å². The molecule has 8 heteroatoms. The Morgan fingerprint density at radius 1 is 1.32 bits per heavy atom. The van der Waals surface area contributed by atoms with Gasteiger partial charge in [-0.25, -0.2) is 4.79 Å².